The lowest BCUT2D eigenvalue weighted by Gasteiger charge is -2.21. The van der Waals surface area contributed by atoms with Crippen LogP contribution in [0.4, 0.5) is 28.9 Å². The minimum Gasteiger partial charge on any atom is -0.351 e. The molecule has 0 radical (unpaired) electrons. The van der Waals surface area contributed by atoms with E-state index in [1.165, 1.54) is 26.0 Å². The maximum absolute atomic E-state index is 13.9. The molecular weight excluding hydrogens is 528 g/mol. The van der Waals surface area contributed by atoms with Gasteiger partial charge in [-0.05, 0) is 92.4 Å². The molecule has 1 heterocycles. The van der Waals surface area contributed by atoms with Crippen LogP contribution in [-0.2, 0) is 4.79 Å². The van der Waals surface area contributed by atoms with Gasteiger partial charge in [-0.15, -0.1) is 0 Å². The predicted molar refractivity (Wildman–Crippen MR) is 151 cm³/mol. The van der Waals surface area contributed by atoms with Crippen molar-refractivity contribution in [2.45, 2.75) is 40.3 Å². The van der Waals surface area contributed by atoms with Crippen LogP contribution in [0.1, 0.15) is 43.9 Å². The van der Waals surface area contributed by atoms with Crippen molar-refractivity contribution in [1.29, 1.82) is 0 Å². The highest BCUT2D eigenvalue weighted by Gasteiger charge is 2.36. The van der Waals surface area contributed by atoms with Crippen LogP contribution in [0.3, 0.4) is 0 Å². The molecule has 1 aromatic heterocycles. The second kappa shape index (κ2) is 12.7. The van der Waals surface area contributed by atoms with Gasteiger partial charge < -0.3 is 16.0 Å². The van der Waals surface area contributed by atoms with E-state index in [9.17, 15) is 22.4 Å². The fourth-order valence-corrected chi connectivity index (χ4v) is 3.98. The normalized spacial score (nSPS) is 12.7. The number of aryl methyl sites for hydroxylation is 1. The van der Waals surface area contributed by atoms with E-state index in [-0.39, 0.29) is 28.8 Å². The summed E-state index contributed by atoms with van der Waals surface area (Å²) < 4.78 is 55.3. The highest BCUT2D eigenvalue weighted by atomic mass is 32.1. The summed E-state index contributed by atoms with van der Waals surface area (Å²) >= 11 is 5.54. The third kappa shape index (κ3) is 7.73. The summed E-state index contributed by atoms with van der Waals surface area (Å²) in [7, 11) is 0. The first-order valence-electron chi connectivity index (χ1n) is 12.0. The van der Waals surface area contributed by atoms with Crippen LogP contribution >= 0.6 is 12.2 Å². The molecule has 0 aliphatic rings. The highest BCUT2D eigenvalue weighted by molar-refractivity contribution is 7.81. The van der Waals surface area contributed by atoms with Gasteiger partial charge in [0, 0.05) is 23.0 Å². The Kier molecular flexibility index (Phi) is 9.58. The molecule has 0 saturated heterocycles. The average molecular weight is 557 g/mol. The molecule has 0 fully saturated rings. The van der Waals surface area contributed by atoms with E-state index in [2.05, 4.69) is 20.9 Å². The monoisotopic (exact) mass is 556 g/mol. The zero-order valence-electron chi connectivity index (χ0n) is 21.8. The topological polar surface area (TPSA) is 66.1 Å². The Bertz CT molecular complexity index is 1420. The van der Waals surface area contributed by atoms with Gasteiger partial charge in [-0.2, -0.15) is 13.2 Å². The van der Waals surface area contributed by atoms with E-state index < -0.39 is 23.6 Å². The number of alkyl halides is 3. The second-order valence-corrected chi connectivity index (χ2v) is 9.23. The number of aromatic nitrogens is 1. The number of rotatable bonds is 8. The van der Waals surface area contributed by atoms with Gasteiger partial charge in [0.25, 0.3) is 5.91 Å². The summed E-state index contributed by atoms with van der Waals surface area (Å²) in [6.07, 6.45) is -1.29. The lowest BCUT2D eigenvalue weighted by Crippen LogP contribution is -2.29. The molecule has 0 aliphatic carbocycles. The van der Waals surface area contributed by atoms with Gasteiger partial charge >= 0.3 is 6.18 Å². The molecule has 3 aromatic rings. The SMILES string of the molecule is CC/C(C)=C(/N/C(=C(\C)C(=O)Nc1ccc(C)c(C(=S)Nc2cccnc2)c1)c1ccc(F)cc1)C(F)(F)F. The molecule has 3 N–H and O–H groups in total. The Morgan fingerprint density at radius 1 is 1.00 bits per heavy atom. The van der Waals surface area contributed by atoms with Crippen LogP contribution in [0.2, 0.25) is 0 Å². The molecule has 1 amide bonds. The Morgan fingerprint density at radius 2 is 1.69 bits per heavy atom. The standard InChI is InChI=1S/C29H28F4N4OS/c1-5-17(2)26(29(31,32)33)37-25(20-9-11-21(30)12-10-20)19(4)27(38)35-22-13-8-18(3)24(15-22)28(39)36-23-7-6-14-34-16-23/h6-16,37H,5H2,1-4H3,(H,35,38)(H,36,39)/b25-19+,26-17+. The van der Waals surface area contributed by atoms with E-state index in [0.29, 0.717) is 21.9 Å². The molecule has 0 atom stereocenters. The number of thiocarbonyl (C=S) groups is 1. The van der Waals surface area contributed by atoms with Crippen LogP contribution in [0.15, 0.2) is 83.8 Å². The summed E-state index contributed by atoms with van der Waals surface area (Å²) in [5.74, 6) is -1.20. The fraction of sp³-hybridized carbons (Fsp3) is 0.207. The van der Waals surface area contributed by atoms with Crippen molar-refractivity contribution < 1.29 is 22.4 Å². The number of carbonyl (C=O) groups excluding carboxylic acids is 1. The lowest BCUT2D eigenvalue weighted by atomic mass is 10.0. The second-order valence-electron chi connectivity index (χ2n) is 8.82. The van der Waals surface area contributed by atoms with Gasteiger partial charge in [0.1, 0.15) is 16.5 Å². The molecule has 2 aromatic carbocycles. The van der Waals surface area contributed by atoms with Crippen LogP contribution in [0, 0.1) is 12.7 Å². The summed E-state index contributed by atoms with van der Waals surface area (Å²) in [6, 6.07) is 13.6. The average Bonchev–Trinajstić information content (AvgIpc) is 2.90. The summed E-state index contributed by atoms with van der Waals surface area (Å²) in [5.41, 5.74) is 1.80. The quantitative estimate of drug-likeness (QED) is 0.152. The van der Waals surface area contributed by atoms with Gasteiger partial charge in [0.2, 0.25) is 0 Å². The molecule has 39 heavy (non-hydrogen) atoms. The fourth-order valence-electron chi connectivity index (χ4n) is 3.64. The number of nitrogens with zero attached hydrogens (tertiary/aromatic N) is 1. The largest absolute Gasteiger partial charge is 0.431 e. The van der Waals surface area contributed by atoms with Gasteiger partial charge in [0.15, 0.2) is 0 Å². The van der Waals surface area contributed by atoms with E-state index in [0.717, 1.165) is 17.7 Å². The molecule has 0 bridgehead atoms. The number of hydrogen-bond acceptors (Lipinski definition) is 4. The third-order valence-electron chi connectivity index (χ3n) is 6.00. The highest BCUT2D eigenvalue weighted by Crippen LogP contribution is 2.31. The first kappa shape index (κ1) is 29.5. The maximum Gasteiger partial charge on any atom is 0.431 e. The predicted octanol–water partition coefficient (Wildman–Crippen LogP) is 7.52. The summed E-state index contributed by atoms with van der Waals surface area (Å²) in [4.78, 5) is 17.7. The number of allylic oxidation sites excluding steroid dienone is 2. The molecule has 3 rings (SSSR count). The van der Waals surface area contributed by atoms with Crippen LogP contribution in [0.25, 0.3) is 5.70 Å². The molecule has 0 unspecified atom stereocenters. The summed E-state index contributed by atoms with van der Waals surface area (Å²) in [5, 5.41) is 8.26. The smallest absolute Gasteiger partial charge is 0.351 e. The van der Waals surface area contributed by atoms with E-state index in [4.69, 9.17) is 12.2 Å². The zero-order valence-corrected chi connectivity index (χ0v) is 22.7. The maximum atomic E-state index is 13.9. The third-order valence-corrected chi connectivity index (χ3v) is 6.32. The van der Waals surface area contributed by atoms with Crippen molar-refractivity contribution in [3.05, 3.63) is 106 Å². The minimum atomic E-state index is -4.69. The van der Waals surface area contributed by atoms with Gasteiger partial charge in [0.05, 0.1) is 17.6 Å². The van der Waals surface area contributed by atoms with Crippen molar-refractivity contribution in [3.63, 3.8) is 0 Å². The van der Waals surface area contributed by atoms with Gasteiger partial charge in [-0.25, -0.2) is 4.39 Å². The number of carbonyl (C=O) groups is 1. The number of hydrogen-bond donors (Lipinski definition) is 3. The molecule has 0 saturated carbocycles. The minimum absolute atomic E-state index is 0.0227. The molecule has 5 nitrogen and oxygen atoms in total. The van der Waals surface area contributed by atoms with Crippen molar-refractivity contribution in [2.24, 2.45) is 0 Å². The Morgan fingerprint density at radius 3 is 2.28 bits per heavy atom. The van der Waals surface area contributed by atoms with E-state index in [1.807, 2.05) is 13.0 Å². The van der Waals surface area contributed by atoms with Crippen molar-refractivity contribution >= 4 is 40.2 Å². The van der Waals surface area contributed by atoms with Crippen LogP contribution in [0.5, 0.6) is 0 Å². The molecule has 204 valence electrons. The first-order chi connectivity index (χ1) is 18.4. The zero-order chi connectivity index (χ0) is 28.7. The van der Waals surface area contributed by atoms with Crippen molar-refractivity contribution in [2.75, 3.05) is 10.6 Å². The number of anilines is 2. The number of nitrogens with one attached hydrogen (secondary N) is 3. The van der Waals surface area contributed by atoms with E-state index in [1.54, 1.807) is 43.6 Å². The molecule has 0 aliphatic heterocycles. The first-order valence-corrected chi connectivity index (χ1v) is 12.5. The van der Waals surface area contributed by atoms with Crippen LogP contribution < -0.4 is 16.0 Å². The van der Waals surface area contributed by atoms with Gasteiger partial charge in [-0.1, -0.05) is 25.2 Å². The van der Waals surface area contributed by atoms with Gasteiger partial charge in [-0.3, -0.25) is 9.78 Å². The molecule has 10 heteroatoms. The number of benzene rings is 2. The van der Waals surface area contributed by atoms with Crippen LogP contribution in [-0.4, -0.2) is 22.1 Å². The molecule has 0 spiro atoms. The number of pyridine rings is 1. The van der Waals surface area contributed by atoms with Crippen molar-refractivity contribution in [1.82, 2.24) is 10.3 Å². The Hall–Kier alpha value is -4.05. The van der Waals surface area contributed by atoms with E-state index >= 15 is 0 Å². The molecular formula is C29H28F4N4OS. The summed E-state index contributed by atoms with van der Waals surface area (Å²) in [6.45, 7) is 6.23. The number of amides is 1. The Labute approximate surface area is 230 Å². The number of halogens is 4. The Balaban J connectivity index is 1.97. The lowest BCUT2D eigenvalue weighted by molar-refractivity contribution is -0.112. The van der Waals surface area contributed by atoms with Crippen molar-refractivity contribution in [3.8, 4) is 0 Å².